The molecule has 0 atom stereocenters. The third kappa shape index (κ3) is 4.66. The van der Waals surface area contributed by atoms with Crippen molar-refractivity contribution in [1.82, 2.24) is 24.1 Å². The van der Waals surface area contributed by atoms with Gasteiger partial charge in [-0.05, 0) is 83.0 Å². The number of anilines is 1. The van der Waals surface area contributed by atoms with Crippen LogP contribution in [-0.2, 0) is 11.3 Å². The van der Waals surface area contributed by atoms with Gasteiger partial charge in [-0.25, -0.2) is 13.9 Å². The highest BCUT2D eigenvalue weighted by Crippen LogP contribution is 2.17. The summed E-state index contributed by atoms with van der Waals surface area (Å²) in [5.41, 5.74) is 2.28. The summed E-state index contributed by atoms with van der Waals surface area (Å²) in [6.07, 6.45) is 0. The number of aromatic nitrogens is 4. The van der Waals surface area contributed by atoms with Gasteiger partial charge in [-0.3, -0.25) is 19.0 Å². The van der Waals surface area contributed by atoms with Gasteiger partial charge in [0.1, 0.15) is 6.54 Å². The SMILES string of the molecule is Cc1cc(C)cc(NC(=O)Cn2nc3n(C(C)C)c(=O)c4ccc(C(=O)NC(C)C)cc4n3c2=O)c1. The van der Waals surface area contributed by atoms with Crippen molar-refractivity contribution in [3.8, 4) is 0 Å². The maximum atomic E-state index is 13.5. The van der Waals surface area contributed by atoms with Crippen LogP contribution < -0.4 is 21.9 Å². The lowest BCUT2D eigenvalue weighted by Crippen LogP contribution is -2.31. The molecule has 36 heavy (non-hydrogen) atoms. The van der Waals surface area contributed by atoms with Crippen molar-refractivity contribution in [3.05, 3.63) is 73.9 Å². The van der Waals surface area contributed by atoms with Gasteiger partial charge in [-0.1, -0.05) is 6.07 Å². The molecule has 0 bridgehead atoms. The Kier molecular flexibility index (Phi) is 6.53. The van der Waals surface area contributed by atoms with Crippen LogP contribution in [0, 0.1) is 13.8 Å². The van der Waals surface area contributed by atoms with Crippen LogP contribution in [0.25, 0.3) is 16.7 Å². The first-order valence-electron chi connectivity index (χ1n) is 11.8. The molecule has 2 N–H and O–H groups in total. The highest BCUT2D eigenvalue weighted by molar-refractivity contribution is 5.98. The van der Waals surface area contributed by atoms with Gasteiger partial charge in [0.05, 0.1) is 10.9 Å². The van der Waals surface area contributed by atoms with Crippen molar-refractivity contribution in [2.45, 2.75) is 60.2 Å². The lowest BCUT2D eigenvalue weighted by molar-refractivity contribution is -0.117. The Hall–Kier alpha value is -4.21. The lowest BCUT2D eigenvalue weighted by Gasteiger charge is -2.13. The minimum atomic E-state index is -0.582. The maximum Gasteiger partial charge on any atom is 0.352 e. The number of benzene rings is 2. The Morgan fingerprint density at radius 2 is 1.64 bits per heavy atom. The van der Waals surface area contributed by atoms with Gasteiger partial charge < -0.3 is 10.6 Å². The van der Waals surface area contributed by atoms with E-state index in [9.17, 15) is 19.2 Å². The van der Waals surface area contributed by atoms with Crippen molar-refractivity contribution in [1.29, 1.82) is 0 Å². The zero-order valence-electron chi connectivity index (χ0n) is 21.2. The summed E-state index contributed by atoms with van der Waals surface area (Å²) in [6, 6.07) is 9.90. The fourth-order valence-corrected chi connectivity index (χ4v) is 4.32. The van der Waals surface area contributed by atoms with Crippen LogP contribution >= 0.6 is 0 Å². The van der Waals surface area contributed by atoms with E-state index in [1.54, 1.807) is 12.1 Å². The lowest BCUT2D eigenvalue weighted by atomic mass is 10.1. The fourth-order valence-electron chi connectivity index (χ4n) is 4.32. The van der Waals surface area contributed by atoms with E-state index in [2.05, 4.69) is 15.7 Å². The summed E-state index contributed by atoms with van der Waals surface area (Å²) < 4.78 is 3.73. The number of carbonyl (C=O) groups is 2. The molecule has 2 amide bonds. The van der Waals surface area contributed by atoms with E-state index >= 15 is 0 Å². The largest absolute Gasteiger partial charge is 0.352 e. The first-order chi connectivity index (χ1) is 17.0. The van der Waals surface area contributed by atoms with Gasteiger partial charge in [0, 0.05) is 23.3 Å². The number of hydrogen-bond acceptors (Lipinski definition) is 5. The molecule has 2 aromatic carbocycles. The highest BCUT2D eigenvalue weighted by Gasteiger charge is 2.21. The average Bonchev–Trinajstić information content (AvgIpc) is 3.07. The molecule has 0 aliphatic carbocycles. The Balaban J connectivity index is 1.84. The minimum absolute atomic E-state index is 0.0802. The highest BCUT2D eigenvalue weighted by atomic mass is 16.2. The number of amides is 2. The number of nitrogens with one attached hydrogen (secondary N) is 2. The Bertz CT molecular complexity index is 1600. The van der Waals surface area contributed by atoms with E-state index in [0.717, 1.165) is 15.8 Å². The van der Waals surface area contributed by atoms with Gasteiger partial charge in [-0.2, -0.15) is 0 Å². The predicted octanol–water partition coefficient (Wildman–Crippen LogP) is 2.79. The van der Waals surface area contributed by atoms with Gasteiger partial charge >= 0.3 is 5.69 Å². The number of fused-ring (bicyclic) bond motifs is 3. The molecule has 0 spiro atoms. The molecule has 2 heterocycles. The molecule has 10 nitrogen and oxygen atoms in total. The fraction of sp³-hybridized carbons (Fsp3) is 0.346. The predicted molar refractivity (Wildman–Crippen MR) is 139 cm³/mol. The number of rotatable bonds is 6. The van der Waals surface area contributed by atoms with Crippen LogP contribution in [0.2, 0.25) is 0 Å². The van der Waals surface area contributed by atoms with Crippen molar-refractivity contribution in [3.63, 3.8) is 0 Å². The van der Waals surface area contributed by atoms with E-state index in [1.165, 1.54) is 15.0 Å². The Labute approximate surface area is 207 Å². The minimum Gasteiger partial charge on any atom is -0.350 e. The van der Waals surface area contributed by atoms with E-state index in [1.807, 2.05) is 59.7 Å². The third-order valence-corrected chi connectivity index (χ3v) is 5.72. The molecular weight excluding hydrogens is 460 g/mol. The molecule has 0 saturated carbocycles. The number of carbonyl (C=O) groups excluding carboxylic acids is 2. The first kappa shape index (κ1) is 24.9. The van der Waals surface area contributed by atoms with Gasteiger partial charge in [-0.15, -0.1) is 5.10 Å². The van der Waals surface area contributed by atoms with Gasteiger partial charge in [0.25, 0.3) is 11.5 Å². The van der Waals surface area contributed by atoms with Crippen LogP contribution in [0.15, 0.2) is 46.0 Å². The summed E-state index contributed by atoms with van der Waals surface area (Å²) in [5.74, 6) is -0.639. The molecule has 4 rings (SSSR count). The third-order valence-electron chi connectivity index (χ3n) is 5.72. The van der Waals surface area contributed by atoms with Crippen LogP contribution in [0.5, 0.6) is 0 Å². The zero-order valence-corrected chi connectivity index (χ0v) is 21.2. The van der Waals surface area contributed by atoms with E-state index in [4.69, 9.17) is 0 Å². The van der Waals surface area contributed by atoms with Crippen LogP contribution in [-0.4, -0.2) is 36.6 Å². The molecule has 0 radical (unpaired) electrons. The summed E-state index contributed by atoms with van der Waals surface area (Å²) >= 11 is 0. The topological polar surface area (TPSA) is 120 Å². The van der Waals surface area contributed by atoms with E-state index < -0.39 is 11.6 Å². The van der Waals surface area contributed by atoms with Crippen molar-refractivity contribution in [2.24, 2.45) is 0 Å². The van der Waals surface area contributed by atoms with Crippen molar-refractivity contribution >= 4 is 34.2 Å². The van der Waals surface area contributed by atoms with Gasteiger partial charge in [0.2, 0.25) is 11.7 Å². The van der Waals surface area contributed by atoms with Crippen LogP contribution in [0.1, 0.15) is 55.2 Å². The second kappa shape index (κ2) is 9.44. The first-order valence-corrected chi connectivity index (χ1v) is 11.8. The molecule has 0 aliphatic heterocycles. The Morgan fingerprint density at radius 3 is 2.25 bits per heavy atom. The quantitative estimate of drug-likeness (QED) is 0.431. The molecule has 0 aliphatic rings. The van der Waals surface area contributed by atoms with Crippen molar-refractivity contribution in [2.75, 3.05) is 5.32 Å². The molecule has 0 unspecified atom stereocenters. The standard InChI is InChI=1S/C26H30N6O4/c1-14(2)27-23(34)18-7-8-20-21(12-18)32-25(31(15(3)4)24(20)35)29-30(26(32)36)13-22(33)28-19-10-16(5)9-17(6)11-19/h7-12,14-15H,13H2,1-6H3,(H,27,34)(H,28,33). The second-order valence-electron chi connectivity index (χ2n) is 9.63. The molecular formula is C26H30N6O4. The molecule has 188 valence electrons. The normalized spacial score (nSPS) is 11.6. The van der Waals surface area contributed by atoms with Gasteiger partial charge in [0.15, 0.2) is 0 Å². The monoisotopic (exact) mass is 490 g/mol. The summed E-state index contributed by atoms with van der Waals surface area (Å²) in [6.45, 7) is 10.8. The number of hydrogen-bond donors (Lipinski definition) is 2. The van der Waals surface area contributed by atoms with Crippen LogP contribution in [0.3, 0.4) is 0 Å². The molecule has 0 fully saturated rings. The molecule has 2 aromatic heterocycles. The molecule has 0 saturated heterocycles. The zero-order chi connectivity index (χ0) is 26.3. The average molecular weight is 491 g/mol. The summed E-state index contributed by atoms with van der Waals surface area (Å²) in [4.78, 5) is 52.1. The smallest absolute Gasteiger partial charge is 0.350 e. The van der Waals surface area contributed by atoms with Crippen LogP contribution in [0.4, 0.5) is 5.69 Å². The van der Waals surface area contributed by atoms with E-state index in [0.29, 0.717) is 11.3 Å². The number of aryl methyl sites for hydroxylation is 2. The molecule has 4 aromatic rings. The molecule has 10 heteroatoms. The summed E-state index contributed by atoms with van der Waals surface area (Å²) in [7, 11) is 0. The summed E-state index contributed by atoms with van der Waals surface area (Å²) in [5, 5.41) is 10.2. The van der Waals surface area contributed by atoms with E-state index in [-0.39, 0.29) is 46.8 Å². The second-order valence-corrected chi connectivity index (χ2v) is 9.63. The van der Waals surface area contributed by atoms with Crippen molar-refractivity contribution < 1.29 is 9.59 Å². The number of nitrogens with zero attached hydrogens (tertiary/aromatic N) is 4. The Morgan fingerprint density at radius 1 is 0.972 bits per heavy atom. The maximum absolute atomic E-state index is 13.5.